The Kier molecular flexibility index (Phi) is 6.83. The molecule has 0 spiro atoms. The van der Waals surface area contributed by atoms with Gasteiger partial charge >= 0.3 is 6.03 Å². The van der Waals surface area contributed by atoms with Crippen molar-refractivity contribution < 1.29 is 18.7 Å². The SMILES string of the molecule is NC(=O)c1cc(CCCCN2CCNC2=O)cc(-c2ccc(Oc3ccc(F)cc3)cc2)n1. The highest BCUT2D eigenvalue weighted by molar-refractivity contribution is 5.91. The summed E-state index contributed by atoms with van der Waals surface area (Å²) in [4.78, 5) is 29.7. The molecule has 2 aromatic carbocycles. The van der Waals surface area contributed by atoms with Crippen molar-refractivity contribution in [3.8, 4) is 22.8 Å². The zero-order valence-electron chi connectivity index (χ0n) is 18.1. The van der Waals surface area contributed by atoms with E-state index >= 15 is 0 Å². The number of rotatable bonds is 9. The van der Waals surface area contributed by atoms with Crippen molar-refractivity contribution in [1.82, 2.24) is 15.2 Å². The van der Waals surface area contributed by atoms with E-state index in [-0.39, 0.29) is 17.5 Å². The Morgan fingerprint density at radius 1 is 1.06 bits per heavy atom. The van der Waals surface area contributed by atoms with Crippen molar-refractivity contribution in [2.24, 2.45) is 5.73 Å². The molecule has 2 heterocycles. The number of unbranched alkanes of at least 4 members (excludes halogenated alkanes) is 1. The van der Waals surface area contributed by atoms with Gasteiger partial charge in [0.15, 0.2) is 0 Å². The highest BCUT2D eigenvalue weighted by Crippen LogP contribution is 2.26. The Balaban J connectivity index is 1.43. The molecule has 1 aliphatic heterocycles. The quantitative estimate of drug-likeness (QED) is 0.481. The predicted molar refractivity (Wildman–Crippen MR) is 123 cm³/mol. The topological polar surface area (TPSA) is 97.6 Å². The molecule has 0 unspecified atom stereocenters. The minimum atomic E-state index is -0.580. The second-order valence-corrected chi connectivity index (χ2v) is 7.87. The van der Waals surface area contributed by atoms with Crippen LogP contribution in [0, 0.1) is 5.82 Å². The molecule has 1 aromatic heterocycles. The molecule has 3 N–H and O–H groups in total. The van der Waals surface area contributed by atoms with Crippen molar-refractivity contribution in [1.29, 1.82) is 0 Å². The number of urea groups is 1. The molecule has 4 rings (SSSR count). The third-order valence-electron chi connectivity index (χ3n) is 5.43. The molecule has 1 aliphatic rings. The fourth-order valence-electron chi connectivity index (χ4n) is 3.69. The highest BCUT2D eigenvalue weighted by Gasteiger charge is 2.18. The third kappa shape index (κ3) is 5.85. The average molecular weight is 448 g/mol. The van der Waals surface area contributed by atoms with Gasteiger partial charge in [-0.15, -0.1) is 0 Å². The van der Waals surface area contributed by atoms with E-state index in [2.05, 4.69) is 10.3 Å². The van der Waals surface area contributed by atoms with Crippen molar-refractivity contribution in [2.75, 3.05) is 19.6 Å². The molecular formula is C25H25FN4O3. The van der Waals surface area contributed by atoms with Crippen molar-refractivity contribution in [3.63, 3.8) is 0 Å². The van der Waals surface area contributed by atoms with Gasteiger partial charge in [-0.3, -0.25) is 4.79 Å². The Morgan fingerprint density at radius 3 is 2.39 bits per heavy atom. The van der Waals surface area contributed by atoms with E-state index in [1.165, 1.54) is 12.1 Å². The lowest BCUT2D eigenvalue weighted by atomic mass is 10.0. The zero-order chi connectivity index (χ0) is 23.2. The highest BCUT2D eigenvalue weighted by atomic mass is 19.1. The molecular weight excluding hydrogens is 423 g/mol. The van der Waals surface area contributed by atoms with Crippen molar-refractivity contribution in [3.05, 3.63) is 77.7 Å². The first-order valence-corrected chi connectivity index (χ1v) is 10.9. The van der Waals surface area contributed by atoms with Crippen LogP contribution in [0.15, 0.2) is 60.7 Å². The number of ether oxygens (including phenoxy) is 1. The molecule has 1 fully saturated rings. The average Bonchev–Trinajstić information content (AvgIpc) is 3.23. The summed E-state index contributed by atoms with van der Waals surface area (Å²) in [5.74, 6) is 0.229. The van der Waals surface area contributed by atoms with Crippen LogP contribution < -0.4 is 15.8 Å². The number of carbonyl (C=O) groups is 2. The van der Waals surface area contributed by atoms with Crippen LogP contribution in [0.25, 0.3) is 11.3 Å². The summed E-state index contributed by atoms with van der Waals surface area (Å²) >= 11 is 0. The van der Waals surface area contributed by atoms with Gasteiger partial charge in [0.1, 0.15) is 23.0 Å². The van der Waals surface area contributed by atoms with Gasteiger partial charge in [-0.25, -0.2) is 14.2 Å². The van der Waals surface area contributed by atoms with Gasteiger partial charge in [-0.1, -0.05) is 0 Å². The largest absolute Gasteiger partial charge is 0.457 e. The molecule has 3 aromatic rings. The fraction of sp³-hybridized carbons (Fsp3) is 0.240. The van der Waals surface area contributed by atoms with Gasteiger partial charge in [-0.2, -0.15) is 0 Å². The number of pyridine rings is 1. The number of amides is 3. The molecule has 8 heteroatoms. The van der Waals surface area contributed by atoms with E-state index in [0.717, 1.165) is 36.9 Å². The smallest absolute Gasteiger partial charge is 0.317 e. The first-order chi connectivity index (χ1) is 16.0. The van der Waals surface area contributed by atoms with Gasteiger partial charge in [-0.05, 0) is 85.5 Å². The minimum Gasteiger partial charge on any atom is -0.457 e. The summed E-state index contributed by atoms with van der Waals surface area (Å²) in [7, 11) is 0. The molecule has 0 saturated carbocycles. The summed E-state index contributed by atoms with van der Waals surface area (Å²) in [6, 6.07) is 16.7. The van der Waals surface area contributed by atoms with E-state index < -0.39 is 5.91 Å². The number of nitrogens with two attached hydrogens (primary N) is 1. The number of hydrogen-bond acceptors (Lipinski definition) is 4. The van der Waals surface area contributed by atoms with E-state index in [4.69, 9.17) is 10.5 Å². The van der Waals surface area contributed by atoms with Gasteiger partial charge in [0.25, 0.3) is 5.91 Å². The lowest BCUT2D eigenvalue weighted by molar-refractivity contribution is 0.0995. The van der Waals surface area contributed by atoms with E-state index in [1.54, 1.807) is 30.3 Å². The maximum absolute atomic E-state index is 13.1. The monoisotopic (exact) mass is 448 g/mol. The molecule has 1 saturated heterocycles. The normalized spacial score (nSPS) is 13.1. The number of carbonyl (C=O) groups excluding carboxylic acids is 2. The number of primary amides is 1. The maximum atomic E-state index is 13.1. The van der Waals surface area contributed by atoms with Crippen LogP contribution in [0.2, 0.25) is 0 Å². The number of hydrogen-bond donors (Lipinski definition) is 2. The summed E-state index contributed by atoms with van der Waals surface area (Å²) in [5, 5.41) is 2.80. The van der Waals surface area contributed by atoms with E-state index in [0.29, 0.717) is 30.3 Å². The number of halogens is 1. The van der Waals surface area contributed by atoms with Crippen molar-refractivity contribution >= 4 is 11.9 Å². The predicted octanol–water partition coefficient (Wildman–Crippen LogP) is 4.13. The molecule has 7 nitrogen and oxygen atoms in total. The maximum Gasteiger partial charge on any atom is 0.317 e. The zero-order valence-corrected chi connectivity index (χ0v) is 18.1. The van der Waals surface area contributed by atoms with Crippen LogP contribution in [0.4, 0.5) is 9.18 Å². The Morgan fingerprint density at radius 2 is 1.76 bits per heavy atom. The van der Waals surface area contributed by atoms with Gasteiger partial charge in [0.2, 0.25) is 0 Å². The van der Waals surface area contributed by atoms with Crippen LogP contribution in [-0.4, -0.2) is 41.5 Å². The Hall–Kier alpha value is -3.94. The first-order valence-electron chi connectivity index (χ1n) is 10.9. The molecule has 3 amide bonds. The lowest BCUT2D eigenvalue weighted by Gasteiger charge is -2.14. The Bertz CT molecular complexity index is 1130. The summed E-state index contributed by atoms with van der Waals surface area (Å²) < 4.78 is 18.8. The number of aromatic nitrogens is 1. The summed E-state index contributed by atoms with van der Waals surface area (Å²) in [6.45, 7) is 2.15. The molecule has 170 valence electrons. The second kappa shape index (κ2) is 10.1. The first kappa shape index (κ1) is 22.3. The summed E-state index contributed by atoms with van der Waals surface area (Å²) in [6.07, 6.45) is 2.49. The fourth-order valence-corrected chi connectivity index (χ4v) is 3.69. The number of nitrogens with zero attached hydrogens (tertiary/aromatic N) is 2. The lowest BCUT2D eigenvalue weighted by Crippen LogP contribution is -2.29. The second-order valence-electron chi connectivity index (χ2n) is 7.87. The van der Waals surface area contributed by atoms with E-state index in [1.807, 2.05) is 23.1 Å². The third-order valence-corrected chi connectivity index (χ3v) is 5.43. The van der Waals surface area contributed by atoms with Crippen LogP contribution in [-0.2, 0) is 6.42 Å². The van der Waals surface area contributed by atoms with Gasteiger partial charge in [0.05, 0.1) is 5.69 Å². The standard InChI is InChI=1S/C25H25FN4O3/c26-19-6-10-21(11-7-19)33-20-8-4-18(5-9-20)22-15-17(16-23(29-22)24(27)31)3-1-2-13-30-14-12-28-25(30)32/h4-11,15-16H,1-3,12-14H2,(H2,27,31)(H,28,32). The van der Waals surface area contributed by atoms with E-state index in [9.17, 15) is 14.0 Å². The molecule has 0 bridgehead atoms. The number of benzene rings is 2. The molecule has 33 heavy (non-hydrogen) atoms. The molecule has 0 atom stereocenters. The molecule has 0 radical (unpaired) electrons. The van der Waals surface area contributed by atoms with Crippen LogP contribution in [0.3, 0.4) is 0 Å². The number of nitrogens with one attached hydrogen (secondary N) is 1. The Labute approximate surface area is 191 Å². The van der Waals surface area contributed by atoms with Crippen LogP contribution >= 0.6 is 0 Å². The van der Waals surface area contributed by atoms with Crippen molar-refractivity contribution in [2.45, 2.75) is 19.3 Å². The van der Waals surface area contributed by atoms with Crippen LogP contribution in [0.5, 0.6) is 11.5 Å². The van der Waals surface area contributed by atoms with Gasteiger partial charge < -0.3 is 20.7 Å². The van der Waals surface area contributed by atoms with Gasteiger partial charge in [0, 0.05) is 25.2 Å². The van der Waals surface area contributed by atoms with Crippen LogP contribution in [0.1, 0.15) is 28.9 Å². The minimum absolute atomic E-state index is 0.0101. The number of aryl methyl sites for hydroxylation is 1. The molecule has 0 aliphatic carbocycles. The summed E-state index contributed by atoms with van der Waals surface area (Å²) in [5.41, 5.74) is 8.15.